The highest BCUT2D eigenvalue weighted by Crippen LogP contribution is 2.28. The number of amides is 5. The largest absolute Gasteiger partial charge is 0.490 e. The highest BCUT2D eigenvalue weighted by Gasteiger charge is 2.38. The van der Waals surface area contributed by atoms with Gasteiger partial charge in [-0.2, -0.15) is 18.3 Å². The van der Waals surface area contributed by atoms with Crippen molar-refractivity contribution in [3.63, 3.8) is 0 Å². The van der Waals surface area contributed by atoms with Crippen LogP contribution in [0.3, 0.4) is 0 Å². The van der Waals surface area contributed by atoms with E-state index in [9.17, 15) is 36.7 Å². The summed E-state index contributed by atoms with van der Waals surface area (Å²) in [5.41, 5.74) is 12.7. The van der Waals surface area contributed by atoms with Gasteiger partial charge >= 0.3 is 18.2 Å². The van der Waals surface area contributed by atoms with Crippen LogP contribution in [0.2, 0.25) is 5.02 Å². The van der Waals surface area contributed by atoms with Crippen molar-refractivity contribution in [2.24, 2.45) is 11.5 Å². The average molecular weight is 713 g/mol. The number of hydrogen-bond donors (Lipinski definition) is 5. The third kappa shape index (κ3) is 9.79. The SMILES string of the molecule is NC(=O)c1nn(CC(=O)N(CC(=O)NCc2cccc(Cl)c2F)C2CC2)c2ccc(NC(=O)N3CCC[C@H](N)C3)cc12.O=C(O)C(F)(F)F. The molecular formula is C30H33ClF4N8O6. The number of carbonyl (C=O) groups is 5. The molecule has 5 rings (SSSR count). The topological polar surface area (TPSA) is 206 Å². The number of halogens is 5. The number of nitrogens with zero attached hydrogens (tertiary/aromatic N) is 4. The predicted octanol–water partition coefficient (Wildman–Crippen LogP) is 2.82. The van der Waals surface area contributed by atoms with Crippen LogP contribution in [0.25, 0.3) is 10.9 Å². The second-order valence-corrected chi connectivity index (χ2v) is 11.8. The zero-order valence-corrected chi connectivity index (χ0v) is 26.6. The molecule has 0 radical (unpaired) electrons. The summed E-state index contributed by atoms with van der Waals surface area (Å²) >= 11 is 5.81. The number of likely N-dealkylation sites (tertiary alicyclic amines) is 1. The van der Waals surface area contributed by atoms with E-state index < -0.39 is 29.8 Å². The van der Waals surface area contributed by atoms with Crippen LogP contribution in [-0.2, 0) is 27.5 Å². The maximum absolute atomic E-state index is 14.2. The van der Waals surface area contributed by atoms with E-state index in [1.807, 2.05) is 0 Å². The van der Waals surface area contributed by atoms with Crippen LogP contribution in [0.4, 0.5) is 28.0 Å². The van der Waals surface area contributed by atoms with Crippen molar-refractivity contribution < 1.29 is 46.6 Å². The van der Waals surface area contributed by atoms with Gasteiger partial charge in [0.2, 0.25) is 11.8 Å². The molecule has 2 aliphatic rings. The van der Waals surface area contributed by atoms with Crippen LogP contribution in [0, 0.1) is 5.82 Å². The van der Waals surface area contributed by atoms with Gasteiger partial charge in [0.15, 0.2) is 5.69 Å². The molecule has 2 aromatic carbocycles. The molecular weight excluding hydrogens is 680 g/mol. The maximum Gasteiger partial charge on any atom is 0.490 e. The minimum Gasteiger partial charge on any atom is -0.475 e. The summed E-state index contributed by atoms with van der Waals surface area (Å²) < 4.78 is 47.3. The fourth-order valence-electron chi connectivity index (χ4n) is 5.07. The number of aromatic nitrogens is 2. The molecule has 14 nitrogen and oxygen atoms in total. The molecule has 0 unspecified atom stereocenters. The smallest absolute Gasteiger partial charge is 0.475 e. The van der Waals surface area contributed by atoms with Crippen LogP contribution >= 0.6 is 11.6 Å². The molecule has 7 N–H and O–H groups in total. The Morgan fingerprint density at radius 2 is 1.80 bits per heavy atom. The lowest BCUT2D eigenvalue weighted by molar-refractivity contribution is -0.192. The molecule has 2 heterocycles. The van der Waals surface area contributed by atoms with Gasteiger partial charge in [0.1, 0.15) is 12.4 Å². The van der Waals surface area contributed by atoms with Crippen LogP contribution in [0.1, 0.15) is 41.7 Å². The van der Waals surface area contributed by atoms with E-state index in [-0.39, 0.29) is 59.9 Å². The van der Waals surface area contributed by atoms with E-state index >= 15 is 0 Å². The Labute approximate surface area is 281 Å². The van der Waals surface area contributed by atoms with E-state index in [1.165, 1.54) is 21.7 Å². The van der Waals surface area contributed by atoms with Gasteiger partial charge in [-0.1, -0.05) is 23.7 Å². The maximum atomic E-state index is 14.2. The normalized spacial score (nSPS) is 16.0. The van der Waals surface area contributed by atoms with Crippen molar-refractivity contribution in [2.45, 2.75) is 57.0 Å². The second kappa shape index (κ2) is 15.5. The van der Waals surface area contributed by atoms with Gasteiger partial charge in [0.25, 0.3) is 5.91 Å². The number of nitrogens with one attached hydrogen (secondary N) is 2. The molecule has 0 bridgehead atoms. The lowest BCUT2D eigenvalue weighted by atomic mass is 10.1. The number of primary amides is 1. The Kier molecular flexibility index (Phi) is 11.7. The van der Waals surface area contributed by atoms with Crippen LogP contribution < -0.4 is 22.1 Å². The lowest BCUT2D eigenvalue weighted by Gasteiger charge is -2.30. The standard InChI is InChI=1S/C28H32ClFN8O4.C2HF3O2/c29-21-5-1-3-16(25(21)30)12-33-23(39)14-37(19-7-8-19)24(40)15-38-22-9-6-18(11-20(22)26(35-38)27(32)41)34-28(42)36-10-2-4-17(31)13-36;3-2(4,5)1(6)7/h1,3,5-6,9,11,17,19H,2,4,7-8,10,12-15,31H2,(H2,32,41)(H,33,39)(H,34,42);(H,6,7)/t17-;/m0./s1. The van der Waals surface area contributed by atoms with Crippen molar-refractivity contribution in [1.82, 2.24) is 24.9 Å². The Morgan fingerprint density at radius 1 is 1.10 bits per heavy atom. The Balaban J connectivity index is 0.000000698. The summed E-state index contributed by atoms with van der Waals surface area (Å²) in [7, 11) is 0. The van der Waals surface area contributed by atoms with E-state index in [0.29, 0.717) is 29.7 Å². The van der Waals surface area contributed by atoms with Crippen LogP contribution in [-0.4, -0.2) is 92.3 Å². The summed E-state index contributed by atoms with van der Waals surface area (Å²) in [5.74, 6) is -4.98. The van der Waals surface area contributed by atoms with Gasteiger partial charge in [-0.25, -0.2) is 14.0 Å². The number of carboxylic acid groups (broad SMARTS) is 1. The minimum atomic E-state index is -5.08. The molecule has 5 amide bonds. The predicted molar refractivity (Wildman–Crippen MR) is 168 cm³/mol. The van der Waals surface area contributed by atoms with E-state index in [0.717, 1.165) is 25.7 Å². The summed E-state index contributed by atoms with van der Waals surface area (Å²) in [6.45, 7) is 0.514. The summed E-state index contributed by atoms with van der Waals surface area (Å²) in [5, 5.41) is 17.2. The van der Waals surface area contributed by atoms with Crippen LogP contribution in [0.5, 0.6) is 0 Å². The number of hydrogen-bond acceptors (Lipinski definition) is 7. The zero-order valence-electron chi connectivity index (χ0n) is 25.8. The monoisotopic (exact) mass is 712 g/mol. The molecule has 1 aromatic heterocycles. The van der Waals surface area contributed by atoms with Gasteiger partial charge in [0, 0.05) is 48.4 Å². The molecule has 19 heteroatoms. The third-order valence-electron chi connectivity index (χ3n) is 7.64. The summed E-state index contributed by atoms with van der Waals surface area (Å²) in [6.07, 6.45) is -1.90. The fourth-order valence-corrected chi connectivity index (χ4v) is 5.27. The minimum absolute atomic E-state index is 0.0421. The molecule has 1 aliphatic heterocycles. The number of fused-ring (bicyclic) bond motifs is 1. The number of carboxylic acids is 1. The number of alkyl halides is 3. The molecule has 0 spiro atoms. The van der Waals surface area contributed by atoms with Gasteiger partial charge in [-0.15, -0.1) is 0 Å². The number of piperidine rings is 1. The van der Waals surface area contributed by atoms with Crippen molar-refractivity contribution >= 4 is 57.9 Å². The molecule has 3 aromatic rings. The molecule has 1 saturated heterocycles. The highest BCUT2D eigenvalue weighted by molar-refractivity contribution is 6.30. The molecule has 1 saturated carbocycles. The van der Waals surface area contributed by atoms with Crippen molar-refractivity contribution in [1.29, 1.82) is 0 Å². The van der Waals surface area contributed by atoms with Crippen molar-refractivity contribution in [2.75, 3.05) is 25.0 Å². The Hall–Kier alpha value is -4.97. The second-order valence-electron chi connectivity index (χ2n) is 11.4. The summed E-state index contributed by atoms with van der Waals surface area (Å²) in [4.78, 5) is 63.0. The third-order valence-corrected chi connectivity index (χ3v) is 7.93. The van der Waals surface area contributed by atoms with E-state index in [2.05, 4.69) is 15.7 Å². The number of aliphatic carboxylic acids is 1. The fraction of sp³-hybridized carbons (Fsp3) is 0.400. The van der Waals surface area contributed by atoms with Crippen molar-refractivity contribution in [3.8, 4) is 0 Å². The van der Waals surface area contributed by atoms with E-state index in [4.69, 9.17) is 33.0 Å². The first-order valence-corrected chi connectivity index (χ1v) is 15.3. The molecule has 264 valence electrons. The van der Waals surface area contributed by atoms with Crippen LogP contribution in [0.15, 0.2) is 36.4 Å². The molecule has 49 heavy (non-hydrogen) atoms. The molecule has 1 aliphatic carbocycles. The number of urea groups is 1. The van der Waals surface area contributed by atoms with Gasteiger partial charge < -0.3 is 37.0 Å². The first kappa shape index (κ1) is 36.9. The first-order chi connectivity index (χ1) is 23.0. The molecule has 1 atom stereocenters. The number of rotatable bonds is 9. The van der Waals surface area contributed by atoms with Gasteiger partial charge in [-0.05, 0) is 49.9 Å². The van der Waals surface area contributed by atoms with Gasteiger partial charge in [0.05, 0.1) is 17.1 Å². The zero-order chi connectivity index (χ0) is 36.0. The first-order valence-electron chi connectivity index (χ1n) is 15.0. The number of benzene rings is 2. The van der Waals surface area contributed by atoms with Crippen molar-refractivity contribution in [3.05, 3.63) is 58.5 Å². The number of carbonyl (C=O) groups excluding carboxylic acids is 4. The summed E-state index contributed by atoms with van der Waals surface area (Å²) in [6, 6.07) is 8.93. The van der Waals surface area contributed by atoms with E-state index in [1.54, 1.807) is 29.2 Å². The lowest BCUT2D eigenvalue weighted by Crippen LogP contribution is -2.47. The Morgan fingerprint density at radius 3 is 2.41 bits per heavy atom. The molecule has 2 fully saturated rings. The van der Waals surface area contributed by atoms with Gasteiger partial charge in [-0.3, -0.25) is 19.1 Å². The quantitative estimate of drug-likeness (QED) is 0.208. The number of anilines is 1. The Bertz CT molecular complexity index is 1750. The average Bonchev–Trinajstić information content (AvgIpc) is 3.81. The number of nitrogens with two attached hydrogens (primary N) is 2. The highest BCUT2D eigenvalue weighted by atomic mass is 35.5.